The highest BCUT2D eigenvalue weighted by Gasteiger charge is 2.19. The molecule has 160 valence electrons. The molecule has 0 aliphatic heterocycles. The topological polar surface area (TPSA) is 137 Å². The van der Waals surface area contributed by atoms with Crippen LogP contribution in [0.15, 0.2) is 47.3 Å². The lowest BCUT2D eigenvalue weighted by Crippen LogP contribution is -2.13. The molecule has 0 bridgehead atoms. The van der Waals surface area contributed by atoms with Crippen LogP contribution in [-0.4, -0.2) is 37.7 Å². The van der Waals surface area contributed by atoms with Gasteiger partial charge in [-0.05, 0) is 17.5 Å². The number of aromatic nitrogens is 4. The van der Waals surface area contributed by atoms with Crippen molar-refractivity contribution in [2.45, 2.75) is 13.5 Å². The van der Waals surface area contributed by atoms with Crippen molar-refractivity contribution in [3.63, 3.8) is 0 Å². The first-order chi connectivity index (χ1) is 14.8. The molecular weight excluding hydrogens is 419 g/mol. The van der Waals surface area contributed by atoms with Crippen LogP contribution in [-0.2, 0) is 11.3 Å². The molecule has 0 saturated carbocycles. The van der Waals surface area contributed by atoms with Crippen molar-refractivity contribution in [3.05, 3.63) is 59.4 Å². The molecule has 1 amide bonds. The second-order valence-corrected chi connectivity index (χ2v) is 7.31. The summed E-state index contributed by atoms with van der Waals surface area (Å²) < 4.78 is 15.8. The lowest BCUT2D eigenvalue weighted by Gasteiger charge is -2.09. The van der Waals surface area contributed by atoms with E-state index in [4.69, 9.17) is 11.5 Å². The maximum Gasteiger partial charge on any atom is 0.221 e. The molecule has 2 heterocycles. The number of aliphatic imine (C=N–C) groups is 1. The van der Waals surface area contributed by atoms with E-state index in [1.807, 2.05) is 0 Å². The summed E-state index contributed by atoms with van der Waals surface area (Å²) in [5, 5.41) is 9.31. The average molecular weight is 441 g/mol. The third-order valence-electron chi connectivity index (χ3n) is 4.17. The average Bonchev–Trinajstić information content (AvgIpc) is 3.14. The van der Waals surface area contributed by atoms with Gasteiger partial charge in [-0.2, -0.15) is 5.10 Å². The first kappa shape index (κ1) is 22.0. The van der Waals surface area contributed by atoms with Gasteiger partial charge in [0.2, 0.25) is 5.91 Å². The molecular formula is C20H21FN8OS. The maximum atomic E-state index is 14.2. The van der Waals surface area contributed by atoms with Crippen LogP contribution in [0, 0.1) is 5.82 Å². The second-order valence-electron chi connectivity index (χ2n) is 6.35. The summed E-state index contributed by atoms with van der Waals surface area (Å²) in [7, 11) is 1.64. The zero-order valence-electron chi connectivity index (χ0n) is 17.0. The number of hydrogen-bond donors (Lipinski definition) is 3. The number of thioether (sulfide) groups is 1. The van der Waals surface area contributed by atoms with Gasteiger partial charge in [0.05, 0.1) is 12.2 Å². The lowest BCUT2D eigenvalue weighted by molar-refractivity contribution is -0.114. The van der Waals surface area contributed by atoms with Gasteiger partial charge in [0.25, 0.3) is 0 Å². The number of anilines is 3. The molecule has 3 rings (SSSR count). The first-order valence-corrected chi connectivity index (χ1v) is 9.99. The van der Waals surface area contributed by atoms with E-state index in [1.54, 1.807) is 41.4 Å². The molecule has 31 heavy (non-hydrogen) atoms. The monoisotopic (exact) mass is 440 g/mol. The minimum Gasteiger partial charge on any atom is -0.382 e. The van der Waals surface area contributed by atoms with Crippen LogP contribution in [0.2, 0.25) is 0 Å². The summed E-state index contributed by atoms with van der Waals surface area (Å²) in [6.45, 7) is 5.21. The molecule has 1 aromatic carbocycles. The van der Waals surface area contributed by atoms with Crippen molar-refractivity contribution in [1.29, 1.82) is 0 Å². The van der Waals surface area contributed by atoms with Crippen LogP contribution in [0.1, 0.15) is 18.2 Å². The Bertz CT molecular complexity index is 1150. The summed E-state index contributed by atoms with van der Waals surface area (Å²) in [5.74, 6) is -0.519. The summed E-state index contributed by atoms with van der Waals surface area (Å²) in [6, 6.07) is 8.15. The van der Waals surface area contributed by atoms with Crippen molar-refractivity contribution in [2.24, 2.45) is 4.99 Å². The van der Waals surface area contributed by atoms with Crippen LogP contribution >= 0.6 is 11.8 Å². The summed E-state index contributed by atoms with van der Waals surface area (Å²) >= 11 is 1.30. The molecule has 0 atom stereocenters. The summed E-state index contributed by atoms with van der Waals surface area (Å²) in [4.78, 5) is 24.1. The largest absolute Gasteiger partial charge is 0.382 e. The molecule has 0 aliphatic rings. The Kier molecular flexibility index (Phi) is 6.65. The Morgan fingerprint density at radius 3 is 2.58 bits per heavy atom. The van der Waals surface area contributed by atoms with Gasteiger partial charge in [-0.15, -0.1) is 0 Å². The van der Waals surface area contributed by atoms with Gasteiger partial charge in [-0.1, -0.05) is 36.5 Å². The van der Waals surface area contributed by atoms with Crippen molar-refractivity contribution in [2.75, 3.05) is 23.8 Å². The van der Waals surface area contributed by atoms with Gasteiger partial charge in [0.15, 0.2) is 17.5 Å². The van der Waals surface area contributed by atoms with Crippen molar-refractivity contribution in [1.82, 2.24) is 19.7 Å². The number of benzene rings is 1. The number of amides is 1. The number of nitrogen functional groups attached to an aromatic ring is 2. The zero-order valence-corrected chi connectivity index (χ0v) is 17.8. The fourth-order valence-electron chi connectivity index (χ4n) is 2.83. The van der Waals surface area contributed by atoms with E-state index in [1.165, 1.54) is 24.8 Å². The molecule has 3 aromatic rings. The maximum absolute atomic E-state index is 14.2. The van der Waals surface area contributed by atoms with E-state index in [2.05, 4.69) is 32.0 Å². The molecule has 5 N–H and O–H groups in total. The van der Waals surface area contributed by atoms with Gasteiger partial charge in [-0.25, -0.2) is 14.4 Å². The zero-order chi connectivity index (χ0) is 22.5. The molecule has 0 unspecified atom stereocenters. The molecule has 2 aromatic heterocycles. The van der Waals surface area contributed by atoms with Crippen LogP contribution in [0.5, 0.6) is 0 Å². The van der Waals surface area contributed by atoms with E-state index in [0.717, 1.165) is 0 Å². The Morgan fingerprint density at radius 2 is 2.00 bits per heavy atom. The standard InChI is InChI=1S/C20H21FN8OS/c1-4-31-20(24-3)15-9-14(28-29(15)10-12-7-5-6-8-13(12)21)19-26-17(22)16(18(23)27-19)25-11(2)30/h4-9H,1,10H2,2-3H3,(H,25,30)(H4,22,23,26,27)/b24-20-. The highest BCUT2D eigenvalue weighted by atomic mass is 32.2. The normalized spacial score (nSPS) is 11.4. The summed E-state index contributed by atoms with van der Waals surface area (Å²) in [5.41, 5.74) is 13.5. The Morgan fingerprint density at radius 1 is 1.32 bits per heavy atom. The van der Waals surface area contributed by atoms with Gasteiger partial charge < -0.3 is 16.8 Å². The molecule has 11 heteroatoms. The second kappa shape index (κ2) is 9.39. The fourth-order valence-corrected chi connectivity index (χ4v) is 3.38. The van der Waals surface area contributed by atoms with Crippen molar-refractivity contribution in [3.8, 4) is 11.5 Å². The third kappa shape index (κ3) is 4.89. The van der Waals surface area contributed by atoms with E-state index >= 15 is 0 Å². The highest BCUT2D eigenvalue weighted by molar-refractivity contribution is 8.16. The number of hydrogen-bond acceptors (Lipinski definition) is 8. The Labute approximate surface area is 182 Å². The minimum absolute atomic E-state index is 0.00718. The van der Waals surface area contributed by atoms with Gasteiger partial charge in [-0.3, -0.25) is 14.5 Å². The third-order valence-corrected chi connectivity index (χ3v) is 4.95. The van der Waals surface area contributed by atoms with Gasteiger partial charge in [0, 0.05) is 19.5 Å². The molecule has 0 fully saturated rings. The van der Waals surface area contributed by atoms with Crippen LogP contribution in [0.4, 0.5) is 21.7 Å². The van der Waals surface area contributed by atoms with E-state index in [9.17, 15) is 9.18 Å². The predicted molar refractivity (Wildman–Crippen MR) is 122 cm³/mol. The number of nitrogens with one attached hydrogen (secondary N) is 1. The predicted octanol–water partition coefficient (Wildman–Crippen LogP) is 2.90. The van der Waals surface area contributed by atoms with E-state index in [0.29, 0.717) is 22.0 Å². The molecule has 0 aliphatic carbocycles. The molecule has 0 saturated heterocycles. The van der Waals surface area contributed by atoms with Gasteiger partial charge in [0.1, 0.15) is 22.2 Å². The molecule has 9 nitrogen and oxygen atoms in total. The highest BCUT2D eigenvalue weighted by Crippen LogP contribution is 2.28. The minimum atomic E-state index is -0.351. The van der Waals surface area contributed by atoms with Crippen LogP contribution in [0.3, 0.4) is 0 Å². The van der Waals surface area contributed by atoms with Gasteiger partial charge >= 0.3 is 0 Å². The molecule has 0 radical (unpaired) electrons. The number of halogens is 1. The number of carbonyl (C=O) groups excluding carboxylic acids is 1. The molecule has 0 spiro atoms. The fraction of sp³-hybridized carbons (Fsp3) is 0.150. The number of rotatable bonds is 6. The van der Waals surface area contributed by atoms with Crippen molar-refractivity contribution < 1.29 is 9.18 Å². The number of nitrogens with zero attached hydrogens (tertiary/aromatic N) is 5. The van der Waals surface area contributed by atoms with E-state index in [-0.39, 0.29) is 41.4 Å². The lowest BCUT2D eigenvalue weighted by atomic mass is 10.2. The van der Waals surface area contributed by atoms with Crippen LogP contribution < -0.4 is 16.8 Å². The van der Waals surface area contributed by atoms with Crippen LogP contribution in [0.25, 0.3) is 11.5 Å². The number of carbonyl (C=O) groups is 1. The van der Waals surface area contributed by atoms with Crippen molar-refractivity contribution >= 4 is 40.0 Å². The first-order valence-electron chi connectivity index (χ1n) is 9.11. The quantitative estimate of drug-likeness (QED) is 0.396. The Balaban J connectivity index is 2.10. The van der Waals surface area contributed by atoms with E-state index < -0.39 is 0 Å². The SMILES string of the molecule is C=CS/C(=N\C)c1cc(-c2nc(N)c(NC(C)=O)c(N)n2)nn1Cc1ccccc1F. The smallest absolute Gasteiger partial charge is 0.221 e. The number of nitrogens with two attached hydrogens (primary N) is 2. The Hall–Kier alpha value is -3.73. The summed E-state index contributed by atoms with van der Waals surface area (Å²) in [6.07, 6.45) is 0.